The van der Waals surface area contributed by atoms with Crippen molar-refractivity contribution in [3.8, 4) is 0 Å². The number of halogens is 4. The lowest BCUT2D eigenvalue weighted by Gasteiger charge is -2.34. The maximum absolute atomic E-state index is 12.8. The van der Waals surface area contributed by atoms with Gasteiger partial charge in [-0.2, -0.15) is 13.2 Å². The fourth-order valence-corrected chi connectivity index (χ4v) is 2.98. The van der Waals surface area contributed by atoms with Crippen LogP contribution in [0.25, 0.3) is 0 Å². The summed E-state index contributed by atoms with van der Waals surface area (Å²) in [5, 5.41) is 3.17. The van der Waals surface area contributed by atoms with Crippen molar-refractivity contribution in [1.29, 1.82) is 0 Å². The molecule has 142 valence electrons. The van der Waals surface area contributed by atoms with Crippen molar-refractivity contribution in [3.05, 3.63) is 35.9 Å². The molecule has 1 aliphatic heterocycles. The Kier molecular flexibility index (Phi) is 8.68. The Morgan fingerprint density at radius 3 is 2.60 bits per heavy atom. The van der Waals surface area contributed by atoms with Gasteiger partial charge in [-0.3, -0.25) is 9.69 Å². The van der Waals surface area contributed by atoms with Gasteiger partial charge in [0.15, 0.2) is 0 Å². The molecule has 0 aromatic heterocycles. The van der Waals surface area contributed by atoms with Crippen LogP contribution in [-0.4, -0.2) is 61.2 Å². The highest BCUT2D eigenvalue weighted by Gasteiger charge is 2.33. The summed E-state index contributed by atoms with van der Waals surface area (Å²) >= 11 is 0. The average Bonchev–Trinajstić information content (AvgIpc) is 2.54. The van der Waals surface area contributed by atoms with Crippen LogP contribution in [0.1, 0.15) is 18.4 Å². The molecule has 8 heteroatoms. The number of amides is 1. The summed E-state index contributed by atoms with van der Waals surface area (Å²) in [6.45, 7) is 0.218. The molecule has 1 fully saturated rings. The highest BCUT2D eigenvalue weighted by Crippen LogP contribution is 2.19. The van der Waals surface area contributed by atoms with Crippen molar-refractivity contribution in [2.24, 2.45) is 0 Å². The molecule has 1 saturated heterocycles. The fraction of sp³-hybridized carbons (Fsp3) is 0.588. The first-order valence-corrected chi connectivity index (χ1v) is 8.15. The second-order valence-corrected chi connectivity index (χ2v) is 6.21. The van der Waals surface area contributed by atoms with Gasteiger partial charge < -0.3 is 10.2 Å². The lowest BCUT2D eigenvalue weighted by molar-refractivity contribution is -0.163. The van der Waals surface area contributed by atoms with E-state index in [1.165, 1.54) is 0 Å². The van der Waals surface area contributed by atoms with E-state index in [9.17, 15) is 18.0 Å². The second-order valence-electron chi connectivity index (χ2n) is 6.21. The van der Waals surface area contributed by atoms with Crippen LogP contribution in [0.2, 0.25) is 0 Å². The summed E-state index contributed by atoms with van der Waals surface area (Å²) in [6, 6.07) is 9.06. The highest BCUT2D eigenvalue weighted by atomic mass is 35.5. The van der Waals surface area contributed by atoms with Crippen LogP contribution in [0.5, 0.6) is 0 Å². The van der Waals surface area contributed by atoms with Crippen LogP contribution in [0, 0.1) is 0 Å². The summed E-state index contributed by atoms with van der Waals surface area (Å²) in [4.78, 5) is 15.3. The summed E-state index contributed by atoms with van der Waals surface area (Å²) in [5.74, 6) is -0.479. The molecule has 2 rings (SSSR count). The first-order valence-electron chi connectivity index (χ1n) is 8.15. The zero-order chi connectivity index (χ0) is 17.6. The molecule has 1 N–H and O–H groups in total. The van der Waals surface area contributed by atoms with Gasteiger partial charge in [0.1, 0.15) is 6.54 Å². The number of hydrogen-bond acceptors (Lipinski definition) is 3. The molecule has 0 aliphatic carbocycles. The molecule has 1 heterocycles. The zero-order valence-corrected chi connectivity index (χ0v) is 15.1. The van der Waals surface area contributed by atoms with E-state index in [-0.39, 0.29) is 31.5 Å². The van der Waals surface area contributed by atoms with Gasteiger partial charge in [0, 0.05) is 19.1 Å². The number of likely N-dealkylation sites (tertiary alicyclic amines) is 1. The van der Waals surface area contributed by atoms with Gasteiger partial charge >= 0.3 is 6.18 Å². The molecule has 4 nitrogen and oxygen atoms in total. The molecule has 0 bridgehead atoms. The quantitative estimate of drug-likeness (QED) is 0.825. The first-order chi connectivity index (χ1) is 11.4. The summed E-state index contributed by atoms with van der Waals surface area (Å²) < 4.78 is 38.5. The minimum atomic E-state index is -4.40. The van der Waals surface area contributed by atoms with E-state index in [0.29, 0.717) is 12.1 Å². The molecule has 1 aromatic carbocycles. The van der Waals surface area contributed by atoms with Crippen molar-refractivity contribution >= 4 is 18.3 Å². The summed E-state index contributed by atoms with van der Waals surface area (Å²) in [7, 11) is 1.86. The average molecular weight is 380 g/mol. The maximum atomic E-state index is 12.8. The lowest BCUT2D eigenvalue weighted by Crippen LogP contribution is -2.49. The van der Waals surface area contributed by atoms with E-state index in [1.54, 1.807) is 30.3 Å². The topological polar surface area (TPSA) is 35.6 Å². The largest absolute Gasteiger partial charge is 0.406 e. The molecule has 0 saturated carbocycles. The van der Waals surface area contributed by atoms with Crippen LogP contribution in [0.4, 0.5) is 13.2 Å². The summed E-state index contributed by atoms with van der Waals surface area (Å²) in [6.07, 6.45) is -2.44. The molecule has 0 radical (unpaired) electrons. The first kappa shape index (κ1) is 21.7. The Labute approximate surface area is 152 Å². The standard InChI is InChI=1S/C17H24F3N3O.ClH/c1-21-15-8-5-9-22(11-15)12-16(24)23(13-17(18,19)20)10-14-6-3-2-4-7-14;/h2-4,6-7,15,21H,5,8-13H2,1H3;1H. The van der Waals surface area contributed by atoms with E-state index in [2.05, 4.69) is 5.32 Å². The number of nitrogens with one attached hydrogen (secondary N) is 1. The Hall–Kier alpha value is -1.31. The van der Waals surface area contributed by atoms with E-state index < -0.39 is 18.6 Å². The number of rotatable bonds is 6. The number of carbonyl (C=O) groups excluding carboxylic acids is 1. The summed E-state index contributed by atoms with van der Waals surface area (Å²) in [5.41, 5.74) is 0.696. The fourth-order valence-electron chi connectivity index (χ4n) is 2.98. The Morgan fingerprint density at radius 2 is 2.00 bits per heavy atom. The minimum Gasteiger partial charge on any atom is -0.328 e. The number of likely N-dealkylation sites (N-methyl/N-ethyl adjacent to an activating group) is 1. The Bertz CT molecular complexity index is 528. The SMILES string of the molecule is CNC1CCCN(CC(=O)N(Cc2ccccc2)CC(F)(F)F)C1.Cl. The van der Waals surface area contributed by atoms with Gasteiger partial charge in [-0.1, -0.05) is 30.3 Å². The monoisotopic (exact) mass is 379 g/mol. The van der Waals surface area contributed by atoms with E-state index in [0.717, 1.165) is 24.3 Å². The number of hydrogen-bond donors (Lipinski definition) is 1. The van der Waals surface area contributed by atoms with Gasteiger partial charge in [0.2, 0.25) is 5.91 Å². The predicted molar refractivity (Wildman–Crippen MR) is 93.7 cm³/mol. The van der Waals surface area contributed by atoms with Crippen LogP contribution < -0.4 is 5.32 Å². The smallest absolute Gasteiger partial charge is 0.328 e. The van der Waals surface area contributed by atoms with E-state index in [1.807, 2.05) is 11.9 Å². The maximum Gasteiger partial charge on any atom is 0.406 e. The number of nitrogens with zero attached hydrogens (tertiary/aromatic N) is 2. The molecule has 1 amide bonds. The van der Waals surface area contributed by atoms with Crippen LogP contribution in [0.15, 0.2) is 30.3 Å². The predicted octanol–water partition coefficient (Wildman–Crippen LogP) is 2.68. The zero-order valence-electron chi connectivity index (χ0n) is 14.3. The lowest BCUT2D eigenvalue weighted by atomic mass is 10.1. The number of carbonyl (C=O) groups is 1. The van der Waals surface area contributed by atoms with Crippen LogP contribution in [-0.2, 0) is 11.3 Å². The van der Waals surface area contributed by atoms with Crippen molar-refractivity contribution < 1.29 is 18.0 Å². The second kappa shape index (κ2) is 9.99. The van der Waals surface area contributed by atoms with Gasteiger partial charge in [0.05, 0.1) is 6.54 Å². The van der Waals surface area contributed by atoms with Crippen molar-refractivity contribution in [2.75, 3.05) is 33.2 Å². The van der Waals surface area contributed by atoms with Gasteiger partial charge in [-0.05, 0) is 32.0 Å². The molecule has 1 aliphatic rings. The van der Waals surface area contributed by atoms with Crippen LogP contribution >= 0.6 is 12.4 Å². The van der Waals surface area contributed by atoms with Gasteiger partial charge in [0.25, 0.3) is 0 Å². The molecule has 1 atom stereocenters. The normalized spacial score (nSPS) is 18.5. The number of benzene rings is 1. The van der Waals surface area contributed by atoms with Crippen LogP contribution in [0.3, 0.4) is 0 Å². The minimum absolute atomic E-state index is 0. The van der Waals surface area contributed by atoms with E-state index >= 15 is 0 Å². The number of alkyl halides is 3. The third-order valence-corrected chi connectivity index (χ3v) is 4.21. The van der Waals surface area contributed by atoms with Gasteiger partial charge in [-0.25, -0.2) is 0 Å². The van der Waals surface area contributed by atoms with Gasteiger partial charge in [-0.15, -0.1) is 12.4 Å². The third kappa shape index (κ3) is 7.63. The molecule has 25 heavy (non-hydrogen) atoms. The molecule has 1 aromatic rings. The van der Waals surface area contributed by atoms with Crippen molar-refractivity contribution in [2.45, 2.75) is 31.6 Å². The Balaban J connectivity index is 0.00000312. The Morgan fingerprint density at radius 1 is 1.32 bits per heavy atom. The molecule has 0 spiro atoms. The molecular formula is C17H25ClF3N3O. The number of piperidine rings is 1. The van der Waals surface area contributed by atoms with Crippen molar-refractivity contribution in [3.63, 3.8) is 0 Å². The third-order valence-electron chi connectivity index (χ3n) is 4.21. The molecule has 1 unspecified atom stereocenters. The van der Waals surface area contributed by atoms with E-state index in [4.69, 9.17) is 0 Å². The highest BCUT2D eigenvalue weighted by molar-refractivity contribution is 5.85. The van der Waals surface area contributed by atoms with Crippen molar-refractivity contribution in [1.82, 2.24) is 15.1 Å². The molecular weight excluding hydrogens is 355 g/mol.